The minimum Gasteiger partial charge on any atom is -0.383 e. The molecule has 102 valence electrons. The molecule has 0 fully saturated rings. The molecule has 0 aliphatic heterocycles. The van der Waals surface area contributed by atoms with E-state index in [4.69, 9.17) is 10.8 Å². The van der Waals surface area contributed by atoms with Crippen molar-refractivity contribution < 1.29 is 18.3 Å². The summed E-state index contributed by atoms with van der Waals surface area (Å²) in [6.45, 7) is 1.23. The molecule has 0 bridgehead atoms. The Bertz CT molecular complexity index is 397. The van der Waals surface area contributed by atoms with Gasteiger partial charge in [0, 0.05) is 5.56 Å². The van der Waals surface area contributed by atoms with Gasteiger partial charge in [-0.25, -0.2) is 9.97 Å². The Morgan fingerprint density at radius 1 is 1.44 bits per heavy atom. The number of aromatic nitrogens is 2. The molecule has 8 heteroatoms. The summed E-state index contributed by atoms with van der Waals surface area (Å²) in [4.78, 5) is 7.61. The first-order valence-electron chi connectivity index (χ1n) is 5.44. The third-order valence-electron chi connectivity index (χ3n) is 2.32. The van der Waals surface area contributed by atoms with E-state index in [0.717, 1.165) is 12.7 Å². The molecule has 0 aliphatic rings. The molecule has 1 heterocycles. The highest BCUT2D eigenvalue weighted by Crippen LogP contribution is 2.22. The average molecular weight is 264 g/mol. The van der Waals surface area contributed by atoms with Crippen LogP contribution in [0.1, 0.15) is 18.9 Å². The molecule has 5 nitrogen and oxygen atoms in total. The van der Waals surface area contributed by atoms with Crippen molar-refractivity contribution in [2.24, 2.45) is 0 Å². The predicted octanol–water partition coefficient (Wildman–Crippen LogP) is 1.35. The number of halogens is 3. The van der Waals surface area contributed by atoms with Crippen LogP contribution in [0.25, 0.3) is 0 Å². The molecule has 4 N–H and O–H groups in total. The van der Waals surface area contributed by atoms with Gasteiger partial charge in [-0.15, -0.1) is 0 Å². The lowest BCUT2D eigenvalue weighted by molar-refractivity contribution is -0.198. The monoisotopic (exact) mass is 264 g/mol. The number of nitrogen functional groups attached to an aromatic ring is 1. The summed E-state index contributed by atoms with van der Waals surface area (Å²) < 4.78 is 36.4. The molecule has 0 aromatic carbocycles. The second-order valence-corrected chi connectivity index (χ2v) is 3.77. The standard InChI is InChI=1S/C10H15F3N4O/c1-2-3-6-8(14)16-5-17-9(6)15-4-7(18)10(11,12)13/h5,7,18H,2-4H2,1H3,(H3,14,15,16,17). The van der Waals surface area contributed by atoms with Crippen LogP contribution < -0.4 is 11.1 Å². The molecule has 1 atom stereocenters. The van der Waals surface area contributed by atoms with Crippen LogP contribution in [-0.2, 0) is 6.42 Å². The number of rotatable bonds is 5. The molecular formula is C10H15F3N4O. The van der Waals surface area contributed by atoms with Crippen molar-refractivity contribution in [1.82, 2.24) is 9.97 Å². The summed E-state index contributed by atoms with van der Waals surface area (Å²) >= 11 is 0. The molecule has 1 unspecified atom stereocenters. The topological polar surface area (TPSA) is 84.1 Å². The molecule has 0 saturated carbocycles. The molecule has 0 radical (unpaired) electrons. The van der Waals surface area contributed by atoms with Crippen LogP contribution in [-0.4, -0.2) is 33.9 Å². The summed E-state index contributed by atoms with van der Waals surface area (Å²) in [7, 11) is 0. The van der Waals surface area contributed by atoms with Crippen LogP contribution in [0, 0.1) is 0 Å². The Balaban J connectivity index is 2.76. The van der Waals surface area contributed by atoms with Crippen molar-refractivity contribution in [2.75, 3.05) is 17.6 Å². The van der Waals surface area contributed by atoms with Crippen LogP contribution in [0.4, 0.5) is 24.8 Å². The number of aliphatic hydroxyl groups excluding tert-OH is 1. The smallest absolute Gasteiger partial charge is 0.383 e. The number of nitrogens with one attached hydrogen (secondary N) is 1. The fourth-order valence-electron chi connectivity index (χ4n) is 1.38. The van der Waals surface area contributed by atoms with Crippen LogP contribution in [0.15, 0.2) is 6.33 Å². The van der Waals surface area contributed by atoms with Crippen LogP contribution in [0.3, 0.4) is 0 Å². The molecule has 1 aromatic heterocycles. The van der Waals surface area contributed by atoms with E-state index in [2.05, 4.69) is 15.3 Å². The van der Waals surface area contributed by atoms with Gasteiger partial charge >= 0.3 is 6.18 Å². The van der Waals surface area contributed by atoms with E-state index in [1.54, 1.807) is 0 Å². The lowest BCUT2D eigenvalue weighted by atomic mass is 10.1. The number of alkyl halides is 3. The Hall–Kier alpha value is -1.57. The molecular weight excluding hydrogens is 249 g/mol. The zero-order valence-corrected chi connectivity index (χ0v) is 9.83. The maximum absolute atomic E-state index is 12.1. The normalized spacial score (nSPS) is 13.4. The van der Waals surface area contributed by atoms with Crippen LogP contribution in [0.5, 0.6) is 0 Å². The van der Waals surface area contributed by atoms with Crippen molar-refractivity contribution in [3.63, 3.8) is 0 Å². The summed E-state index contributed by atoms with van der Waals surface area (Å²) in [6.07, 6.45) is -4.62. The van der Waals surface area contributed by atoms with Gasteiger partial charge in [0.25, 0.3) is 0 Å². The minimum absolute atomic E-state index is 0.229. The zero-order valence-electron chi connectivity index (χ0n) is 9.83. The molecule has 0 spiro atoms. The first kappa shape index (κ1) is 14.5. The lowest BCUT2D eigenvalue weighted by Crippen LogP contribution is -2.35. The van der Waals surface area contributed by atoms with Gasteiger partial charge in [-0.3, -0.25) is 0 Å². The summed E-state index contributed by atoms with van der Waals surface area (Å²) in [5, 5.41) is 11.3. The summed E-state index contributed by atoms with van der Waals surface area (Å²) in [5.41, 5.74) is 6.19. The Morgan fingerprint density at radius 3 is 2.67 bits per heavy atom. The Kier molecular flexibility index (Phi) is 4.71. The second kappa shape index (κ2) is 5.85. The number of anilines is 2. The molecule has 1 aromatic rings. The fourth-order valence-corrected chi connectivity index (χ4v) is 1.38. The van der Waals surface area contributed by atoms with Crippen molar-refractivity contribution in [1.29, 1.82) is 0 Å². The third kappa shape index (κ3) is 3.73. The van der Waals surface area contributed by atoms with Gasteiger partial charge in [-0.05, 0) is 6.42 Å². The lowest BCUT2D eigenvalue weighted by Gasteiger charge is -2.17. The molecule has 0 aliphatic carbocycles. The van der Waals surface area contributed by atoms with E-state index in [1.807, 2.05) is 6.92 Å². The zero-order chi connectivity index (χ0) is 13.8. The SMILES string of the molecule is CCCc1c(N)ncnc1NCC(O)C(F)(F)F. The van der Waals surface area contributed by atoms with Gasteiger partial charge in [0.05, 0.1) is 6.54 Å². The first-order valence-corrected chi connectivity index (χ1v) is 5.44. The van der Waals surface area contributed by atoms with Crippen molar-refractivity contribution >= 4 is 11.6 Å². The highest BCUT2D eigenvalue weighted by atomic mass is 19.4. The van der Waals surface area contributed by atoms with Crippen LogP contribution >= 0.6 is 0 Å². The van der Waals surface area contributed by atoms with Crippen molar-refractivity contribution in [3.05, 3.63) is 11.9 Å². The fraction of sp³-hybridized carbons (Fsp3) is 0.600. The Labute approximate surface area is 102 Å². The quantitative estimate of drug-likeness (QED) is 0.747. The average Bonchev–Trinajstić information content (AvgIpc) is 2.28. The van der Waals surface area contributed by atoms with E-state index < -0.39 is 18.8 Å². The van der Waals surface area contributed by atoms with E-state index in [0.29, 0.717) is 12.0 Å². The van der Waals surface area contributed by atoms with Gasteiger partial charge in [0.1, 0.15) is 18.0 Å². The summed E-state index contributed by atoms with van der Waals surface area (Å²) in [6, 6.07) is 0. The van der Waals surface area contributed by atoms with Gasteiger partial charge in [-0.2, -0.15) is 13.2 Å². The first-order chi connectivity index (χ1) is 8.36. The van der Waals surface area contributed by atoms with Crippen LogP contribution in [0.2, 0.25) is 0 Å². The Morgan fingerprint density at radius 2 is 2.11 bits per heavy atom. The highest BCUT2D eigenvalue weighted by Gasteiger charge is 2.38. The number of hydrogen-bond acceptors (Lipinski definition) is 5. The van der Waals surface area contributed by atoms with E-state index in [9.17, 15) is 13.2 Å². The molecule has 0 amide bonds. The number of nitrogens with two attached hydrogens (primary N) is 1. The predicted molar refractivity (Wildman–Crippen MR) is 61.0 cm³/mol. The van der Waals surface area contributed by atoms with E-state index >= 15 is 0 Å². The number of hydrogen-bond donors (Lipinski definition) is 3. The molecule has 1 rings (SSSR count). The number of nitrogens with zero attached hydrogens (tertiary/aromatic N) is 2. The van der Waals surface area contributed by atoms with Crippen molar-refractivity contribution in [2.45, 2.75) is 32.0 Å². The molecule has 0 saturated heterocycles. The largest absolute Gasteiger partial charge is 0.416 e. The van der Waals surface area contributed by atoms with Crippen molar-refractivity contribution in [3.8, 4) is 0 Å². The minimum atomic E-state index is -4.66. The second-order valence-electron chi connectivity index (χ2n) is 3.77. The summed E-state index contributed by atoms with van der Waals surface area (Å²) in [5.74, 6) is 0.462. The van der Waals surface area contributed by atoms with Gasteiger partial charge in [0.2, 0.25) is 0 Å². The maximum Gasteiger partial charge on any atom is 0.416 e. The van der Waals surface area contributed by atoms with Gasteiger partial charge < -0.3 is 16.2 Å². The van der Waals surface area contributed by atoms with E-state index in [-0.39, 0.29) is 11.6 Å². The molecule has 18 heavy (non-hydrogen) atoms. The van der Waals surface area contributed by atoms with Gasteiger partial charge in [-0.1, -0.05) is 13.3 Å². The maximum atomic E-state index is 12.1. The van der Waals surface area contributed by atoms with Gasteiger partial charge in [0.15, 0.2) is 6.10 Å². The third-order valence-corrected chi connectivity index (χ3v) is 2.32. The highest BCUT2D eigenvalue weighted by molar-refractivity contribution is 5.55. The van der Waals surface area contributed by atoms with E-state index in [1.165, 1.54) is 0 Å². The number of aliphatic hydroxyl groups is 1.